The Morgan fingerprint density at radius 1 is 0.977 bits per heavy atom. The number of carbonyl (C=O) groups is 2. The minimum absolute atomic E-state index is 0.00958. The van der Waals surface area contributed by atoms with Crippen LogP contribution in [0.5, 0.6) is 0 Å². The zero-order valence-electron chi connectivity index (χ0n) is 28.7. The Bertz CT molecular complexity index is 1290. The van der Waals surface area contributed by atoms with E-state index in [1.54, 1.807) is 0 Å². The van der Waals surface area contributed by atoms with Gasteiger partial charge in [-0.25, -0.2) is 0 Å². The first-order chi connectivity index (χ1) is 19.9. The van der Waals surface area contributed by atoms with E-state index in [2.05, 4.69) is 91.8 Å². The molecule has 0 spiro atoms. The first-order valence-corrected chi connectivity index (χ1v) is 17.8. The highest BCUT2D eigenvalue weighted by Crippen LogP contribution is 2.71. The van der Waals surface area contributed by atoms with Crippen LogP contribution in [0.4, 0.5) is 0 Å². The molecule has 0 N–H and O–H groups in total. The van der Waals surface area contributed by atoms with Gasteiger partial charge in [0.1, 0.15) is 11.9 Å². The van der Waals surface area contributed by atoms with Crippen LogP contribution in [0.1, 0.15) is 121 Å². The fraction of sp³-hybridized carbons (Fsp3) is 0.718. The van der Waals surface area contributed by atoms with E-state index in [4.69, 9.17) is 0 Å². The van der Waals surface area contributed by atoms with Gasteiger partial charge in [-0.05, 0) is 89.6 Å². The van der Waals surface area contributed by atoms with Crippen LogP contribution in [0, 0.1) is 61.6 Å². The Labute approximate surface area is 267 Å². The van der Waals surface area contributed by atoms with Crippen molar-refractivity contribution in [3.05, 3.63) is 42.0 Å². The monoisotopic (exact) mass is 603 g/mol. The molecule has 0 radical (unpaired) electrons. The Kier molecular flexibility index (Phi) is 9.35. The summed E-state index contributed by atoms with van der Waals surface area (Å²) in [6, 6.07) is 13.0. The van der Waals surface area contributed by atoms with Crippen molar-refractivity contribution in [3.63, 3.8) is 0 Å². The van der Waals surface area contributed by atoms with E-state index in [0.29, 0.717) is 23.2 Å². The van der Waals surface area contributed by atoms with Crippen molar-refractivity contribution >= 4 is 23.3 Å². The lowest BCUT2D eigenvalue weighted by Gasteiger charge is -2.68. The summed E-state index contributed by atoms with van der Waals surface area (Å²) in [7, 11) is 0. The summed E-state index contributed by atoms with van der Waals surface area (Å²) < 4.78 is 0. The Morgan fingerprint density at radius 2 is 1.63 bits per heavy atom. The Morgan fingerprint density at radius 3 is 2.23 bits per heavy atom. The molecule has 1 aromatic rings. The van der Waals surface area contributed by atoms with E-state index in [9.17, 15) is 14.9 Å². The van der Waals surface area contributed by atoms with E-state index in [-0.39, 0.29) is 45.2 Å². The molecule has 1 unspecified atom stereocenters. The van der Waals surface area contributed by atoms with Crippen molar-refractivity contribution in [2.75, 3.05) is 5.75 Å². The molecule has 0 heterocycles. The fourth-order valence-corrected chi connectivity index (χ4v) is 10.6. The van der Waals surface area contributed by atoms with Gasteiger partial charge in [-0.2, -0.15) is 5.26 Å². The SMILES string of the molecule is CCC(C)(C)CC[C@@](C)(CC[C@]1(C)C(C)C(=O)C[C@@H]2[C@@]3(C)C=C(C#N)C(=O)C(C)(C)[C@@H]3CC[C@]21C)CSc1ccccc1. The number of allylic oxidation sites excluding steroid dienone is 2. The lowest BCUT2D eigenvalue weighted by Crippen LogP contribution is -2.64. The molecular weight excluding hydrogens is 547 g/mol. The lowest BCUT2D eigenvalue weighted by molar-refractivity contribution is -0.187. The van der Waals surface area contributed by atoms with Crippen molar-refractivity contribution in [2.24, 2.45) is 50.2 Å². The van der Waals surface area contributed by atoms with Crippen LogP contribution in [0.3, 0.4) is 0 Å². The third-order valence-electron chi connectivity index (χ3n) is 13.6. The molecule has 0 saturated heterocycles. The number of hydrogen-bond acceptors (Lipinski definition) is 4. The number of nitriles is 1. The first-order valence-electron chi connectivity index (χ1n) is 16.8. The smallest absolute Gasteiger partial charge is 0.178 e. The molecule has 0 aromatic heterocycles. The largest absolute Gasteiger partial charge is 0.299 e. The number of hydrogen-bond donors (Lipinski definition) is 0. The highest BCUT2D eigenvalue weighted by atomic mass is 32.2. The van der Waals surface area contributed by atoms with E-state index in [1.165, 1.54) is 24.2 Å². The van der Waals surface area contributed by atoms with E-state index < -0.39 is 5.41 Å². The summed E-state index contributed by atoms with van der Waals surface area (Å²) in [4.78, 5) is 28.6. The molecule has 1 aromatic carbocycles. The minimum atomic E-state index is -0.599. The average molecular weight is 604 g/mol. The van der Waals surface area contributed by atoms with Crippen molar-refractivity contribution in [1.29, 1.82) is 5.26 Å². The highest BCUT2D eigenvalue weighted by Gasteiger charge is 2.67. The molecule has 4 heteroatoms. The second-order valence-electron chi connectivity index (χ2n) is 16.9. The molecule has 236 valence electrons. The molecule has 0 amide bonds. The van der Waals surface area contributed by atoms with Crippen molar-refractivity contribution in [3.8, 4) is 6.07 Å². The number of rotatable bonds is 10. The normalized spacial score (nSPS) is 35.3. The molecule has 3 nitrogen and oxygen atoms in total. The van der Waals surface area contributed by atoms with Gasteiger partial charge in [-0.15, -0.1) is 11.8 Å². The maximum Gasteiger partial charge on any atom is 0.178 e. The van der Waals surface area contributed by atoms with Crippen molar-refractivity contribution < 1.29 is 9.59 Å². The van der Waals surface area contributed by atoms with Gasteiger partial charge < -0.3 is 0 Å². The van der Waals surface area contributed by atoms with E-state index in [1.807, 2.05) is 31.7 Å². The first kappa shape index (κ1) is 34.0. The number of thioether (sulfide) groups is 1. The highest BCUT2D eigenvalue weighted by molar-refractivity contribution is 7.99. The zero-order chi connectivity index (χ0) is 32.1. The number of ketones is 2. The summed E-state index contributed by atoms with van der Waals surface area (Å²) >= 11 is 1.97. The minimum Gasteiger partial charge on any atom is -0.299 e. The molecule has 3 aliphatic carbocycles. The maximum absolute atomic E-state index is 14.0. The van der Waals surface area contributed by atoms with Gasteiger partial charge in [0.2, 0.25) is 0 Å². The topological polar surface area (TPSA) is 57.9 Å². The number of carbonyl (C=O) groups excluding carboxylic acids is 2. The molecule has 3 aliphatic rings. The van der Waals surface area contributed by atoms with Crippen LogP contribution in [0.15, 0.2) is 46.9 Å². The van der Waals surface area contributed by atoms with Crippen LogP contribution in [0.2, 0.25) is 0 Å². The Hall–Kier alpha value is -1.86. The van der Waals surface area contributed by atoms with Gasteiger partial charge in [0.15, 0.2) is 5.78 Å². The summed E-state index contributed by atoms with van der Waals surface area (Å²) in [6.45, 7) is 23.0. The fourth-order valence-electron chi connectivity index (χ4n) is 9.44. The zero-order valence-corrected chi connectivity index (χ0v) is 29.5. The van der Waals surface area contributed by atoms with Crippen LogP contribution in [-0.4, -0.2) is 17.3 Å². The van der Waals surface area contributed by atoms with Gasteiger partial charge in [-0.1, -0.05) is 99.9 Å². The molecule has 2 fully saturated rings. The summed E-state index contributed by atoms with van der Waals surface area (Å²) in [6.07, 6.45) is 10.2. The summed E-state index contributed by atoms with van der Waals surface area (Å²) in [5.74, 6) is 1.65. The molecule has 7 atom stereocenters. The number of fused-ring (bicyclic) bond motifs is 3. The van der Waals surface area contributed by atoms with E-state index in [0.717, 1.165) is 31.4 Å². The summed E-state index contributed by atoms with van der Waals surface area (Å²) in [5.41, 5.74) is -0.416. The standard InChI is InChI=1S/C39H57NO2S/c1-11-34(3,4)19-20-36(7,26-43-29-15-13-12-14-16-29)21-22-38(9)27(2)30(41)23-32-37(8)24-28(25-40)33(42)35(5,6)31(37)17-18-39(32,38)10/h12-16,24,27,31-32H,11,17-23,26H2,1-10H3/t27?,31-,32+,36-,37-,38+,39+/m0/s1. The molecule has 0 bridgehead atoms. The molecule has 4 rings (SSSR count). The van der Waals surface area contributed by atoms with Gasteiger partial charge in [0, 0.05) is 28.4 Å². The van der Waals surface area contributed by atoms with Crippen LogP contribution >= 0.6 is 11.8 Å². The van der Waals surface area contributed by atoms with Crippen molar-refractivity contribution in [1.82, 2.24) is 0 Å². The second kappa shape index (κ2) is 11.8. The van der Waals surface area contributed by atoms with Gasteiger partial charge >= 0.3 is 0 Å². The third-order valence-corrected chi connectivity index (χ3v) is 15.0. The molecule has 43 heavy (non-hydrogen) atoms. The predicted octanol–water partition coefficient (Wildman–Crippen LogP) is 10.5. The van der Waals surface area contributed by atoms with Crippen LogP contribution in [-0.2, 0) is 9.59 Å². The van der Waals surface area contributed by atoms with Gasteiger partial charge in [0.25, 0.3) is 0 Å². The number of benzene rings is 1. The lowest BCUT2D eigenvalue weighted by atomic mass is 9.35. The predicted molar refractivity (Wildman–Crippen MR) is 180 cm³/mol. The summed E-state index contributed by atoms with van der Waals surface area (Å²) in [5, 5.41) is 9.98. The number of Topliss-reactive ketones (excluding diaryl/α,β-unsaturated/α-hetero) is 2. The quantitative estimate of drug-likeness (QED) is 0.250. The van der Waals surface area contributed by atoms with Gasteiger partial charge in [0.05, 0.1) is 5.57 Å². The van der Waals surface area contributed by atoms with E-state index >= 15 is 0 Å². The van der Waals surface area contributed by atoms with Gasteiger partial charge in [-0.3, -0.25) is 9.59 Å². The Balaban J connectivity index is 1.69. The number of nitrogens with zero attached hydrogens (tertiary/aromatic N) is 1. The van der Waals surface area contributed by atoms with Crippen molar-refractivity contribution in [2.45, 2.75) is 125 Å². The molecule has 2 saturated carbocycles. The molecular formula is C39H57NO2S. The maximum atomic E-state index is 14.0. The average Bonchev–Trinajstić information content (AvgIpc) is 2.97. The second-order valence-corrected chi connectivity index (χ2v) is 17.9. The van der Waals surface area contributed by atoms with Crippen LogP contribution < -0.4 is 0 Å². The molecule has 0 aliphatic heterocycles. The van der Waals surface area contributed by atoms with Crippen LogP contribution in [0.25, 0.3) is 0 Å². The third kappa shape index (κ3) is 5.94.